The molecule has 0 saturated carbocycles. The van der Waals surface area contributed by atoms with Gasteiger partial charge in [0.1, 0.15) is 0 Å². The zero-order chi connectivity index (χ0) is 5.58. The third-order valence-electron chi connectivity index (χ3n) is 0. The number of nitrogens with zero attached hydrogens (tertiary/aromatic N) is 1. The Morgan fingerprint density at radius 1 is 1.00 bits per heavy atom. The minimum atomic E-state index is 2.00. The molecule has 0 atom stereocenters. The normalized spacial score (nSPS) is 7.00. The number of hydrogen-bond acceptors (Lipinski definition) is 1. The molecule has 0 spiro atoms. The average Bonchev–Trinajstić information content (AvgIpc) is 1.41. The Hall–Kier alpha value is -0.180. The smallest absolute Gasteiger partial charge is 0 e. The Kier molecular flexibility index (Phi) is 13.7. The number of hydrogen-bond donors (Lipinski definition) is 0. The van der Waals surface area contributed by atoms with E-state index in [1.807, 2.05) is 26.0 Å². The van der Waals surface area contributed by atoms with E-state index in [0.29, 0.717) is 0 Å². The van der Waals surface area contributed by atoms with Gasteiger partial charge in [-0.1, -0.05) is 0 Å². The van der Waals surface area contributed by atoms with Gasteiger partial charge in [-0.05, 0) is 21.1 Å². The highest BCUT2D eigenvalue weighted by molar-refractivity contribution is 4.09. The molecular weight excluding hydrogens is 88.0 g/mol. The summed E-state index contributed by atoms with van der Waals surface area (Å²) in [5, 5.41) is 0. The molecule has 0 aliphatic heterocycles. The molecule has 0 amide bonds. The summed E-state index contributed by atoms with van der Waals surface area (Å²) < 4.78 is 16.0. The first kappa shape index (κ1) is 9.27. The predicted octanol–water partition coefficient (Wildman–Crippen LogP) is 1.02. The molecule has 0 rings (SSSR count). The van der Waals surface area contributed by atoms with Gasteiger partial charge in [0.15, 0.2) is 0 Å². The third-order valence-corrected chi connectivity index (χ3v) is 0. The second-order valence-electron chi connectivity index (χ2n) is 1.34. The fourth-order valence-corrected chi connectivity index (χ4v) is 0. The summed E-state index contributed by atoms with van der Waals surface area (Å²) in [7, 11) is 6.00. The van der Waals surface area contributed by atoms with E-state index in [1.54, 1.807) is 0 Å². The molecule has 0 bridgehead atoms. The van der Waals surface area contributed by atoms with Crippen LogP contribution in [0.1, 0.15) is 0 Å². The van der Waals surface area contributed by atoms with Gasteiger partial charge in [0.05, 0.1) is 0 Å². The largest absolute Gasteiger partial charge is 0.312 e. The maximum atomic E-state index is 8.00. The Morgan fingerprint density at radius 2 is 1.00 bits per heavy atom. The van der Waals surface area contributed by atoms with Gasteiger partial charge in [-0.15, -0.1) is 0 Å². The molecule has 0 saturated heterocycles. The van der Waals surface area contributed by atoms with Crippen molar-refractivity contribution in [1.29, 1.82) is 0 Å². The van der Waals surface area contributed by atoms with E-state index in [9.17, 15) is 0 Å². The maximum Gasteiger partial charge on any atom is 0 e. The van der Waals surface area contributed by atoms with E-state index >= 15 is 0 Å². The highest BCUT2D eigenvalue weighted by atomic mass is 20.0. The molecule has 0 fully saturated rings. The first-order chi connectivity index (χ1) is 2.73. The predicted molar refractivity (Wildman–Crippen MR) is 21.8 cm³/mol. The lowest BCUT2D eigenvalue weighted by molar-refractivity contribution is 0.108. The maximum absolute atomic E-state index is 8.00. The van der Waals surface area contributed by atoms with Gasteiger partial charge in [0.25, 0.3) is 0 Å². The van der Waals surface area contributed by atoms with Crippen molar-refractivity contribution in [2.75, 3.05) is 21.1 Å². The fourth-order valence-electron chi connectivity index (χ4n) is 0. The summed E-state index contributed by atoms with van der Waals surface area (Å²) in [4.78, 5) is 2.00. The number of rotatable bonds is 0. The molecule has 40 valence electrons. The molecular formula is C3H9F2N. The highest BCUT2D eigenvalue weighted by Gasteiger charge is 1.58. The minimum Gasteiger partial charge on any atom is -0.312 e. The standard InChI is InChI=1S/C3H9N.F2/c1-4(2)3;1-2/h1-3H3;. The molecule has 3 heteroatoms. The lowest BCUT2D eigenvalue weighted by Crippen LogP contribution is -1.99. The van der Waals surface area contributed by atoms with Crippen molar-refractivity contribution in [3.63, 3.8) is 0 Å². The van der Waals surface area contributed by atoms with E-state index in [4.69, 9.17) is 9.15 Å². The van der Waals surface area contributed by atoms with Crippen molar-refractivity contribution in [3.8, 4) is 0 Å². The molecule has 0 aromatic carbocycles. The van der Waals surface area contributed by atoms with Crippen LogP contribution in [0.5, 0.6) is 0 Å². The molecule has 0 radical (unpaired) electrons. The van der Waals surface area contributed by atoms with Gasteiger partial charge in [-0.25, -0.2) is 0 Å². The van der Waals surface area contributed by atoms with Crippen LogP contribution >= 0.6 is 0 Å². The van der Waals surface area contributed by atoms with E-state index in [1.165, 1.54) is 0 Å². The van der Waals surface area contributed by atoms with Crippen molar-refractivity contribution in [2.24, 2.45) is 0 Å². The Labute approximate surface area is 36.4 Å². The lowest BCUT2D eigenvalue weighted by atomic mass is 11.0. The molecule has 0 aliphatic rings. The topological polar surface area (TPSA) is 3.24 Å². The Balaban J connectivity index is 0. The van der Waals surface area contributed by atoms with Crippen molar-refractivity contribution >= 4 is 0 Å². The van der Waals surface area contributed by atoms with E-state index in [2.05, 4.69) is 0 Å². The van der Waals surface area contributed by atoms with Crippen LogP contribution in [0, 0.1) is 0 Å². The first-order valence-electron chi connectivity index (χ1n) is 1.48. The van der Waals surface area contributed by atoms with Crippen LogP contribution in [0.4, 0.5) is 9.15 Å². The van der Waals surface area contributed by atoms with E-state index in [0.717, 1.165) is 0 Å². The molecule has 1 nitrogen and oxygen atoms in total. The third kappa shape index (κ3) is 938. The van der Waals surface area contributed by atoms with Gasteiger partial charge in [0.2, 0.25) is 0 Å². The molecule has 0 aliphatic carbocycles. The van der Waals surface area contributed by atoms with Crippen molar-refractivity contribution in [2.45, 2.75) is 0 Å². The van der Waals surface area contributed by atoms with Gasteiger partial charge < -0.3 is 4.90 Å². The average molecular weight is 97.1 g/mol. The van der Waals surface area contributed by atoms with Gasteiger partial charge in [-0.3, -0.25) is 0 Å². The van der Waals surface area contributed by atoms with Crippen molar-refractivity contribution in [1.82, 2.24) is 4.90 Å². The Morgan fingerprint density at radius 3 is 1.00 bits per heavy atom. The van der Waals surface area contributed by atoms with Crippen LogP contribution in [-0.4, -0.2) is 26.0 Å². The lowest BCUT2D eigenvalue weighted by Gasteiger charge is -1.90. The highest BCUT2D eigenvalue weighted by Crippen LogP contribution is 1.47. The quantitative estimate of drug-likeness (QED) is 0.436. The van der Waals surface area contributed by atoms with E-state index in [-0.39, 0.29) is 0 Å². The van der Waals surface area contributed by atoms with Gasteiger partial charge >= 0.3 is 0 Å². The summed E-state index contributed by atoms with van der Waals surface area (Å²) in [6, 6.07) is 0. The summed E-state index contributed by atoms with van der Waals surface area (Å²) in [5.41, 5.74) is 0. The van der Waals surface area contributed by atoms with Crippen LogP contribution in [0.25, 0.3) is 0 Å². The molecule has 0 unspecified atom stereocenters. The van der Waals surface area contributed by atoms with Crippen molar-refractivity contribution < 1.29 is 9.15 Å². The van der Waals surface area contributed by atoms with Gasteiger partial charge in [0, 0.05) is 9.15 Å². The zero-order valence-corrected chi connectivity index (χ0v) is 4.20. The van der Waals surface area contributed by atoms with E-state index < -0.39 is 0 Å². The second-order valence-corrected chi connectivity index (χ2v) is 1.34. The van der Waals surface area contributed by atoms with Crippen LogP contribution in [0.2, 0.25) is 0 Å². The molecule has 0 N–H and O–H groups in total. The van der Waals surface area contributed by atoms with Crippen molar-refractivity contribution in [3.05, 3.63) is 0 Å². The van der Waals surface area contributed by atoms with Crippen LogP contribution in [0.15, 0.2) is 0 Å². The summed E-state index contributed by atoms with van der Waals surface area (Å²) in [6.07, 6.45) is 0. The van der Waals surface area contributed by atoms with Crippen LogP contribution in [-0.2, 0) is 0 Å². The molecule has 0 aromatic rings. The van der Waals surface area contributed by atoms with Gasteiger partial charge in [-0.2, -0.15) is 0 Å². The zero-order valence-electron chi connectivity index (χ0n) is 4.20. The summed E-state index contributed by atoms with van der Waals surface area (Å²) in [6.45, 7) is 0. The fraction of sp³-hybridized carbons (Fsp3) is 1.00. The summed E-state index contributed by atoms with van der Waals surface area (Å²) >= 11 is 0. The SMILES string of the molecule is CN(C)C.FF. The Bertz CT molecular complexity index is 13.5. The molecule has 0 heterocycles. The minimum absolute atomic E-state index is 2.00. The van der Waals surface area contributed by atoms with Crippen LogP contribution in [0.3, 0.4) is 0 Å². The molecule has 0 aromatic heterocycles. The first-order valence-corrected chi connectivity index (χ1v) is 1.48. The second kappa shape index (κ2) is 8.84. The summed E-state index contributed by atoms with van der Waals surface area (Å²) in [5.74, 6) is 0. The van der Waals surface area contributed by atoms with Crippen LogP contribution < -0.4 is 0 Å². The number of halogens is 2. The molecule has 6 heavy (non-hydrogen) atoms. The monoisotopic (exact) mass is 97.1 g/mol.